The number of fused-ring (bicyclic) bond motifs is 2. The van der Waals surface area contributed by atoms with E-state index in [1.54, 1.807) is 14.2 Å². The van der Waals surface area contributed by atoms with E-state index in [0.29, 0.717) is 17.9 Å². The number of benzene rings is 2. The van der Waals surface area contributed by atoms with E-state index >= 15 is 0 Å². The van der Waals surface area contributed by atoms with E-state index in [1.807, 2.05) is 44.2 Å². The van der Waals surface area contributed by atoms with Crippen molar-refractivity contribution < 1.29 is 9.47 Å². The van der Waals surface area contributed by atoms with Gasteiger partial charge in [0.1, 0.15) is 0 Å². The first kappa shape index (κ1) is 21.4. The molecular weight excluding hydrogens is 376 g/mol. The maximum atomic E-state index is 12.9. The van der Waals surface area contributed by atoms with Gasteiger partial charge in [0.15, 0.2) is 11.5 Å². The number of pyridine rings is 2. The summed E-state index contributed by atoms with van der Waals surface area (Å²) in [6.45, 7) is 4.01. The Labute approximate surface area is 176 Å². The molecule has 0 atom stereocenters. The maximum Gasteiger partial charge on any atom is 0.252 e. The lowest BCUT2D eigenvalue weighted by atomic mass is 9.97. The Morgan fingerprint density at radius 1 is 0.967 bits per heavy atom. The largest absolute Gasteiger partial charge is 0.493 e. The molecule has 0 bridgehead atoms. The van der Waals surface area contributed by atoms with E-state index in [0.717, 1.165) is 50.6 Å². The van der Waals surface area contributed by atoms with Gasteiger partial charge in [-0.1, -0.05) is 26.5 Å². The van der Waals surface area contributed by atoms with Crippen molar-refractivity contribution in [1.29, 1.82) is 0 Å². The summed E-state index contributed by atoms with van der Waals surface area (Å²) in [7, 11) is 3.22. The second kappa shape index (κ2) is 8.57. The van der Waals surface area contributed by atoms with Crippen molar-refractivity contribution in [2.75, 3.05) is 14.2 Å². The zero-order valence-corrected chi connectivity index (χ0v) is 17.1. The first-order valence-electron chi connectivity index (χ1n) is 9.70. The lowest BCUT2D eigenvalue weighted by Crippen LogP contribution is -2.16. The summed E-state index contributed by atoms with van der Waals surface area (Å²) in [6, 6.07) is 14.1. The number of nitrogens with zero attached hydrogens (tertiary/aromatic N) is 1. The minimum Gasteiger partial charge on any atom is -0.493 e. The molecule has 30 heavy (non-hydrogen) atoms. The summed E-state index contributed by atoms with van der Waals surface area (Å²) in [5.41, 5.74) is 4.56. The Morgan fingerprint density at radius 2 is 1.67 bits per heavy atom. The standard InChI is InChI=1S/C24H24N2O3.CH4/c1-5-20-18-13-23(29-4)22(28-3)12-17(18)19(24(27)26-20)11-15-7-9-21-16(10-15)8-6-14(2)25-21;/h6-10,12-13H,5,11H2,1-4H3,(H,26,27);1H4. The Bertz CT molecular complexity index is 1280. The van der Waals surface area contributed by atoms with Crippen LogP contribution < -0.4 is 15.0 Å². The monoisotopic (exact) mass is 404 g/mol. The van der Waals surface area contributed by atoms with Gasteiger partial charge in [0.2, 0.25) is 0 Å². The highest BCUT2D eigenvalue weighted by Gasteiger charge is 2.15. The van der Waals surface area contributed by atoms with Crippen LogP contribution >= 0.6 is 0 Å². The van der Waals surface area contributed by atoms with Crippen LogP contribution in [-0.4, -0.2) is 24.2 Å². The highest BCUT2D eigenvalue weighted by molar-refractivity contribution is 5.91. The van der Waals surface area contributed by atoms with E-state index in [1.165, 1.54) is 0 Å². The average molecular weight is 405 g/mol. The molecule has 0 saturated carbocycles. The number of aryl methyl sites for hydroxylation is 2. The molecule has 5 nitrogen and oxygen atoms in total. The van der Waals surface area contributed by atoms with Crippen molar-refractivity contribution in [3.05, 3.63) is 75.3 Å². The number of ether oxygens (including phenoxy) is 2. The van der Waals surface area contributed by atoms with Gasteiger partial charge in [0, 0.05) is 34.1 Å². The summed E-state index contributed by atoms with van der Waals surface area (Å²) in [4.78, 5) is 20.6. The molecule has 0 radical (unpaired) electrons. The van der Waals surface area contributed by atoms with Gasteiger partial charge in [0.05, 0.1) is 19.7 Å². The van der Waals surface area contributed by atoms with E-state index in [9.17, 15) is 4.79 Å². The number of hydrogen-bond donors (Lipinski definition) is 1. The van der Waals surface area contributed by atoms with Crippen LogP contribution in [0.2, 0.25) is 0 Å². The number of aromatic nitrogens is 2. The highest BCUT2D eigenvalue weighted by atomic mass is 16.5. The van der Waals surface area contributed by atoms with Gasteiger partial charge in [-0.2, -0.15) is 0 Å². The summed E-state index contributed by atoms with van der Waals surface area (Å²) in [6.07, 6.45) is 1.25. The van der Waals surface area contributed by atoms with E-state index < -0.39 is 0 Å². The van der Waals surface area contributed by atoms with Crippen LogP contribution in [0.15, 0.2) is 47.3 Å². The fraction of sp³-hybridized carbons (Fsp3) is 0.280. The predicted molar refractivity (Wildman–Crippen MR) is 123 cm³/mol. The zero-order valence-electron chi connectivity index (χ0n) is 17.1. The zero-order chi connectivity index (χ0) is 20.5. The van der Waals surface area contributed by atoms with Gasteiger partial charge in [-0.05, 0) is 54.6 Å². The third-order valence-electron chi connectivity index (χ3n) is 5.34. The second-order valence-corrected chi connectivity index (χ2v) is 7.17. The Morgan fingerprint density at radius 3 is 2.33 bits per heavy atom. The minimum absolute atomic E-state index is 0. The molecule has 5 heteroatoms. The van der Waals surface area contributed by atoms with Crippen molar-refractivity contribution in [3.63, 3.8) is 0 Å². The lowest BCUT2D eigenvalue weighted by molar-refractivity contribution is 0.356. The molecular formula is C25H28N2O3. The van der Waals surface area contributed by atoms with Gasteiger partial charge < -0.3 is 14.5 Å². The molecule has 2 aromatic carbocycles. The number of aromatic amines is 1. The Hall–Kier alpha value is -3.34. The van der Waals surface area contributed by atoms with Crippen LogP contribution in [-0.2, 0) is 12.8 Å². The van der Waals surface area contributed by atoms with Crippen LogP contribution in [0.1, 0.15) is 36.9 Å². The third kappa shape index (κ3) is 3.75. The fourth-order valence-electron chi connectivity index (χ4n) is 3.83. The van der Waals surface area contributed by atoms with Crippen LogP contribution in [0.5, 0.6) is 11.5 Å². The summed E-state index contributed by atoms with van der Waals surface area (Å²) < 4.78 is 11.0. The first-order chi connectivity index (χ1) is 14.0. The quantitative estimate of drug-likeness (QED) is 0.497. The van der Waals surface area contributed by atoms with Gasteiger partial charge >= 0.3 is 0 Å². The van der Waals surface area contributed by atoms with Crippen LogP contribution in [0.4, 0.5) is 0 Å². The van der Waals surface area contributed by atoms with Crippen molar-refractivity contribution in [2.24, 2.45) is 0 Å². The predicted octanol–water partition coefficient (Wildman–Crippen LogP) is 5.19. The van der Waals surface area contributed by atoms with E-state index in [-0.39, 0.29) is 13.0 Å². The Kier molecular flexibility index (Phi) is 6.11. The van der Waals surface area contributed by atoms with Crippen LogP contribution in [0.25, 0.3) is 21.7 Å². The fourth-order valence-corrected chi connectivity index (χ4v) is 3.83. The van der Waals surface area contributed by atoms with Crippen molar-refractivity contribution in [3.8, 4) is 11.5 Å². The van der Waals surface area contributed by atoms with Gasteiger partial charge in [0.25, 0.3) is 5.56 Å². The SMILES string of the molecule is C.CCc1[nH]c(=O)c(Cc2ccc3nc(C)ccc3c2)c2cc(OC)c(OC)cc12. The molecule has 2 heterocycles. The highest BCUT2D eigenvalue weighted by Crippen LogP contribution is 2.34. The van der Waals surface area contributed by atoms with Crippen LogP contribution in [0.3, 0.4) is 0 Å². The molecule has 0 aliphatic rings. The van der Waals surface area contributed by atoms with Gasteiger partial charge in [-0.25, -0.2) is 0 Å². The first-order valence-corrected chi connectivity index (χ1v) is 9.70. The van der Waals surface area contributed by atoms with Gasteiger partial charge in [-0.15, -0.1) is 0 Å². The number of rotatable bonds is 5. The molecule has 0 unspecified atom stereocenters. The molecule has 2 aromatic heterocycles. The number of hydrogen-bond acceptors (Lipinski definition) is 4. The molecule has 0 aliphatic heterocycles. The molecule has 0 spiro atoms. The van der Waals surface area contributed by atoms with E-state index in [4.69, 9.17) is 9.47 Å². The van der Waals surface area contributed by atoms with E-state index in [2.05, 4.69) is 22.1 Å². The topological polar surface area (TPSA) is 64.2 Å². The van der Waals surface area contributed by atoms with Crippen LogP contribution in [0, 0.1) is 6.92 Å². The lowest BCUT2D eigenvalue weighted by Gasteiger charge is -2.14. The molecule has 0 amide bonds. The molecule has 0 saturated heterocycles. The smallest absolute Gasteiger partial charge is 0.252 e. The normalized spacial score (nSPS) is 10.8. The minimum atomic E-state index is -0.0660. The third-order valence-corrected chi connectivity index (χ3v) is 5.34. The molecule has 156 valence electrons. The molecule has 0 aliphatic carbocycles. The number of methoxy groups -OCH3 is 2. The van der Waals surface area contributed by atoms with Crippen molar-refractivity contribution in [1.82, 2.24) is 9.97 Å². The molecule has 4 aromatic rings. The maximum absolute atomic E-state index is 12.9. The second-order valence-electron chi connectivity index (χ2n) is 7.17. The summed E-state index contributed by atoms with van der Waals surface area (Å²) in [5, 5.41) is 2.95. The molecule has 1 N–H and O–H groups in total. The Balaban J connectivity index is 0.00000256. The van der Waals surface area contributed by atoms with Gasteiger partial charge in [-0.3, -0.25) is 9.78 Å². The molecule has 4 rings (SSSR count). The average Bonchev–Trinajstić information content (AvgIpc) is 2.74. The van der Waals surface area contributed by atoms with Crippen molar-refractivity contribution in [2.45, 2.75) is 34.1 Å². The summed E-state index contributed by atoms with van der Waals surface area (Å²) >= 11 is 0. The molecule has 0 fully saturated rings. The number of nitrogens with one attached hydrogen (secondary N) is 1. The number of H-pyrrole nitrogens is 1. The summed E-state index contributed by atoms with van der Waals surface area (Å²) in [5.74, 6) is 1.27. The van der Waals surface area contributed by atoms with Crippen molar-refractivity contribution >= 4 is 21.7 Å².